The van der Waals surface area contributed by atoms with Gasteiger partial charge >= 0.3 is 0 Å². The minimum Gasteiger partial charge on any atom is -0.355 e. The molecule has 7 heteroatoms. The zero-order valence-electron chi connectivity index (χ0n) is 21.2. The number of nitrogens with two attached hydrogens (primary N) is 1. The molecule has 0 aliphatic rings. The van der Waals surface area contributed by atoms with E-state index in [1.165, 1.54) is 5.56 Å². The molecule has 0 spiro atoms. The number of aldehydes is 1. The summed E-state index contributed by atoms with van der Waals surface area (Å²) < 4.78 is 0. The van der Waals surface area contributed by atoms with Crippen LogP contribution in [0.5, 0.6) is 0 Å². The molecule has 0 saturated carbocycles. The molecule has 0 aliphatic heterocycles. The Bertz CT molecular complexity index is 856. The molecule has 0 aliphatic carbocycles. The monoisotopic (exact) mass is 456 g/mol. The highest BCUT2D eigenvalue weighted by atomic mass is 16.2. The average Bonchev–Trinajstić information content (AvgIpc) is 2.76. The van der Waals surface area contributed by atoms with E-state index in [1.807, 2.05) is 45.0 Å². The summed E-state index contributed by atoms with van der Waals surface area (Å²) in [5, 5.41) is 8.49. The smallest absolute Gasteiger partial charge is 0.251 e. The van der Waals surface area contributed by atoms with Crippen LogP contribution in [-0.4, -0.2) is 43.3 Å². The van der Waals surface area contributed by atoms with Crippen LogP contribution in [0.3, 0.4) is 0 Å². The molecule has 2 aromatic rings. The molecule has 2 aromatic carbocycles. The van der Waals surface area contributed by atoms with Gasteiger partial charge in [0.2, 0.25) is 0 Å². The Labute approximate surface area is 198 Å². The van der Waals surface area contributed by atoms with Crippen LogP contribution >= 0.6 is 0 Å². The van der Waals surface area contributed by atoms with Crippen molar-refractivity contribution >= 4 is 18.1 Å². The molecule has 0 atom stereocenters. The van der Waals surface area contributed by atoms with Gasteiger partial charge in [-0.3, -0.25) is 14.4 Å². The molecule has 7 nitrogen and oxygen atoms in total. The highest BCUT2D eigenvalue weighted by Crippen LogP contribution is 2.07. The first kappa shape index (κ1) is 30.0. The molecule has 0 radical (unpaired) electrons. The third-order valence-corrected chi connectivity index (χ3v) is 3.80. The minimum absolute atomic E-state index is 0. The van der Waals surface area contributed by atoms with E-state index in [-0.39, 0.29) is 22.9 Å². The van der Waals surface area contributed by atoms with Crippen LogP contribution in [0.15, 0.2) is 48.5 Å². The summed E-state index contributed by atoms with van der Waals surface area (Å²) in [5.74, 6) is -0.192. The Kier molecular flexibility index (Phi) is 12.9. The molecule has 2 rings (SSSR count). The Hall–Kier alpha value is -3.03. The minimum atomic E-state index is -0.146. The van der Waals surface area contributed by atoms with Crippen LogP contribution in [-0.2, 0) is 6.54 Å². The molecular weight excluding hydrogens is 416 g/mol. The van der Waals surface area contributed by atoms with Crippen molar-refractivity contribution < 1.29 is 14.4 Å². The lowest BCUT2D eigenvalue weighted by atomic mass is 10.1. The van der Waals surface area contributed by atoms with Gasteiger partial charge in [-0.1, -0.05) is 24.3 Å². The second-order valence-electron chi connectivity index (χ2n) is 9.56. The number of carbonyl (C=O) groups is 3. The van der Waals surface area contributed by atoms with Crippen LogP contribution in [0.25, 0.3) is 0 Å². The standard InChI is InChI=1S/C13H20N2O.C9H9NO2.C4H11N/c1-13(2,3)15-9-10-5-7-11(8-6-10)12(16)14-4;1-10-9(12)8-4-2-7(6-11)3-5-8;1-4(2,3)5/h5-8,15H,9H2,1-4H3,(H,14,16);2-6H,1H3,(H,10,12);5H2,1-3H3. The van der Waals surface area contributed by atoms with Gasteiger partial charge in [-0.25, -0.2) is 0 Å². The lowest BCUT2D eigenvalue weighted by Crippen LogP contribution is -2.35. The predicted molar refractivity (Wildman–Crippen MR) is 136 cm³/mol. The van der Waals surface area contributed by atoms with Crippen LogP contribution in [0.1, 0.15) is 78.2 Å². The SMILES string of the molecule is CC(C)(C)N.CNC(=O)c1ccc(C=O)cc1.CNC(=O)c1ccc(CNC(C)(C)C)cc1. The molecule has 0 aromatic heterocycles. The zero-order valence-corrected chi connectivity index (χ0v) is 21.2. The van der Waals surface area contributed by atoms with E-state index in [1.54, 1.807) is 38.4 Å². The first-order chi connectivity index (χ1) is 15.2. The third-order valence-electron chi connectivity index (χ3n) is 3.80. The molecule has 0 fully saturated rings. The van der Waals surface area contributed by atoms with Gasteiger partial charge in [0.15, 0.2) is 0 Å². The van der Waals surface area contributed by atoms with E-state index >= 15 is 0 Å². The summed E-state index contributed by atoms with van der Waals surface area (Å²) in [6.45, 7) is 13.1. The van der Waals surface area contributed by atoms with Crippen molar-refractivity contribution in [2.24, 2.45) is 5.73 Å². The van der Waals surface area contributed by atoms with Gasteiger partial charge in [-0.05, 0) is 71.4 Å². The van der Waals surface area contributed by atoms with Gasteiger partial charge in [-0.2, -0.15) is 0 Å². The number of benzene rings is 2. The number of nitrogens with one attached hydrogen (secondary N) is 3. The summed E-state index contributed by atoms with van der Waals surface area (Å²) in [6, 6.07) is 14.1. The number of amides is 2. The van der Waals surface area contributed by atoms with Gasteiger partial charge in [0, 0.05) is 48.4 Å². The molecule has 33 heavy (non-hydrogen) atoms. The van der Waals surface area contributed by atoms with E-state index in [0.29, 0.717) is 16.7 Å². The normalized spacial score (nSPS) is 10.6. The zero-order chi connectivity index (χ0) is 25.7. The van der Waals surface area contributed by atoms with E-state index in [9.17, 15) is 14.4 Å². The third kappa shape index (κ3) is 15.4. The molecule has 182 valence electrons. The maximum Gasteiger partial charge on any atom is 0.251 e. The molecule has 2 amide bonds. The van der Waals surface area contributed by atoms with Crippen molar-refractivity contribution in [2.45, 2.75) is 59.2 Å². The Morgan fingerprint density at radius 2 is 1.15 bits per heavy atom. The number of hydrogen-bond donors (Lipinski definition) is 4. The Balaban J connectivity index is 0.000000530. The van der Waals surface area contributed by atoms with Crippen molar-refractivity contribution in [2.75, 3.05) is 14.1 Å². The highest BCUT2D eigenvalue weighted by Gasteiger charge is 2.08. The molecule has 0 saturated heterocycles. The van der Waals surface area contributed by atoms with Crippen molar-refractivity contribution in [3.8, 4) is 0 Å². The van der Waals surface area contributed by atoms with Crippen LogP contribution < -0.4 is 21.7 Å². The van der Waals surface area contributed by atoms with Gasteiger partial charge in [0.1, 0.15) is 6.29 Å². The summed E-state index contributed by atoms with van der Waals surface area (Å²) >= 11 is 0. The Morgan fingerprint density at radius 1 is 0.788 bits per heavy atom. The molecule has 5 N–H and O–H groups in total. The molecule has 0 unspecified atom stereocenters. The summed E-state index contributed by atoms with van der Waals surface area (Å²) in [6.07, 6.45) is 0.744. The fraction of sp³-hybridized carbons (Fsp3) is 0.423. The molecule has 0 heterocycles. The fourth-order valence-electron chi connectivity index (χ4n) is 2.14. The number of carbonyl (C=O) groups excluding carboxylic acids is 3. The number of rotatable bonds is 5. The van der Waals surface area contributed by atoms with Crippen molar-refractivity contribution in [1.29, 1.82) is 0 Å². The van der Waals surface area contributed by atoms with Crippen molar-refractivity contribution in [3.63, 3.8) is 0 Å². The maximum atomic E-state index is 11.3. The second kappa shape index (κ2) is 14.2. The molecular formula is C26H40N4O3. The topological polar surface area (TPSA) is 113 Å². The van der Waals surface area contributed by atoms with Crippen LogP contribution in [0.2, 0.25) is 0 Å². The molecule has 0 bridgehead atoms. The number of hydrogen-bond acceptors (Lipinski definition) is 5. The summed E-state index contributed by atoms with van der Waals surface area (Å²) in [4.78, 5) is 32.6. The van der Waals surface area contributed by atoms with E-state index in [2.05, 4.69) is 36.7 Å². The predicted octanol–water partition coefficient (Wildman–Crippen LogP) is 3.54. The highest BCUT2D eigenvalue weighted by molar-refractivity contribution is 5.94. The first-order valence-electron chi connectivity index (χ1n) is 10.8. The lowest BCUT2D eigenvalue weighted by molar-refractivity contribution is 0.0955. The van der Waals surface area contributed by atoms with Gasteiger partial charge < -0.3 is 21.7 Å². The van der Waals surface area contributed by atoms with Gasteiger partial charge in [0.25, 0.3) is 11.8 Å². The van der Waals surface area contributed by atoms with Crippen LogP contribution in [0.4, 0.5) is 0 Å². The second-order valence-corrected chi connectivity index (χ2v) is 9.56. The quantitative estimate of drug-likeness (QED) is 0.514. The van der Waals surface area contributed by atoms with E-state index in [4.69, 9.17) is 5.73 Å². The van der Waals surface area contributed by atoms with Gasteiger partial charge in [0.05, 0.1) is 0 Å². The summed E-state index contributed by atoms with van der Waals surface area (Å²) in [5.41, 5.74) is 8.47. The van der Waals surface area contributed by atoms with E-state index in [0.717, 1.165) is 12.8 Å². The van der Waals surface area contributed by atoms with Gasteiger partial charge in [-0.15, -0.1) is 0 Å². The largest absolute Gasteiger partial charge is 0.355 e. The van der Waals surface area contributed by atoms with Crippen molar-refractivity contribution in [3.05, 3.63) is 70.8 Å². The van der Waals surface area contributed by atoms with E-state index < -0.39 is 0 Å². The van der Waals surface area contributed by atoms with Crippen molar-refractivity contribution in [1.82, 2.24) is 16.0 Å². The first-order valence-corrected chi connectivity index (χ1v) is 10.8. The lowest BCUT2D eigenvalue weighted by Gasteiger charge is -2.20. The Morgan fingerprint density at radius 3 is 1.45 bits per heavy atom. The maximum absolute atomic E-state index is 11.3. The van der Waals surface area contributed by atoms with Crippen LogP contribution in [0, 0.1) is 0 Å². The fourth-order valence-corrected chi connectivity index (χ4v) is 2.14. The summed E-state index contributed by atoms with van der Waals surface area (Å²) in [7, 11) is 3.20. The average molecular weight is 457 g/mol.